The monoisotopic (exact) mass is 323 g/mol. The van der Waals surface area contributed by atoms with Crippen LogP contribution in [-0.4, -0.2) is 35.0 Å². The highest BCUT2D eigenvalue weighted by molar-refractivity contribution is 7.91. The van der Waals surface area contributed by atoms with Gasteiger partial charge in [-0.25, -0.2) is 8.42 Å². The fourth-order valence-corrected chi connectivity index (χ4v) is 2.79. The second kappa shape index (κ2) is 5.80. The lowest BCUT2D eigenvalue weighted by Gasteiger charge is -2.09. The van der Waals surface area contributed by atoms with Crippen LogP contribution in [0.1, 0.15) is 23.0 Å². The predicted octanol–water partition coefficient (Wildman–Crippen LogP) is 1.48. The number of nitrogens with one attached hydrogen (secondary N) is 1. The summed E-state index contributed by atoms with van der Waals surface area (Å²) in [4.78, 5) is 12.3. The molecule has 1 aromatic carbocycles. The Hall–Kier alpha value is -2.35. The van der Waals surface area contributed by atoms with Crippen molar-refractivity contribution >= 4 is 21.4 Å². The molecule has 0 aliphatic heterocycles. The molecule has 0 unspecified atom stereocenters. The standard InChI is InChI=1S/C14H17N3O4S/c1-4-22(20,21)10-5-6-13(18)12(7-10)16-14(19)11-8-15-17(3)9(11)2/h5-8,18H,4H2,1-3H3,(H,16,19). The first-order valence-electron chi connectivity index (χ1n) is 6.62. The normalized spacial score (nSPS) is 11.4. The molecule has 0 fully saturated rings. The number of rotatable bonds is 4. The molecule has 7 nitrogen and oxygen atoms in total. The highest BCUT2D eigenvalue weighted by Crippen LogP contribution is 2.27. The molecule has 8 heteroatoms. The lowest BCUT2D eigenvalue weighted by molar-refractivity contribution is 0.102. The molecule has 0 bridgehead atoms. The Labute approximate surface area is 128 Å². The SMILES string of the molecule is CCS(=O)(=O)c1ccc(O)c(NC(=O)c2cnn(C)c2C)c1. The molecule has 0 aliphatic rings. The minimum absolute atomic E-state index is 0.0442. The molecular weight excluding hydrogens is 306 g/mol. The fourth-order valence-electron chi connectivity index (χ4n) is 1.89. The Bertz CT molecular complexity index is 825. The number of anilines is 1. The topological polar surface area (TPSA) is 101 Å². The molecular formula is C14H17N3O4S. The van der Waals surface area contributed by atoms with Gasteiger partial charge in [0, 0.05) is 12.7 Å². The van der Waals surface area contributed by atoms with Crippen molar-refractivity contribution < 1.29 is 18.3 Å². The van der Waals surface area contributed by atoms with Gasteiger partial charge in [0.25, 0.3) is 5.91 Å². The Balaban J connectivity index is 2.35. The summed E-state index contributed by atoms with van der Waals surface area (Å²) in [6.45, 7) is 3.26. The van der Waals surface area contributed by atoms with E-state index >= 15 is 0 Å². The lowest BCUT2D eigenvalue weighted by Crippen LogP contribution is -2.14. The lowest BCUT2D eigenvalue weighted by atomic mass is 10.2. The average Bonchev–Trinajstić information content (AvgIpc) is 2.81. The zero-order valence-electron chi connectivity index (χ0n) is 12.5. The van der Waals surface area contributed by atoms with Crippen LogP contribution in [0.2, 0.25) is 0 Å². The third-order valence-electron chi connectivity index (χ3n) is 3.44. The van der Waals surface area contributed by atoms with E-state index in [1.807, 2.05) is 0 Å². The van der Waals surface area contributed by atoms with Crippen LogP contribution in [0.4, 0.5) is 5.69 Å². The Kier molecular flexibility index (Phi) is 4.23. The van der Waals surface area contributed by atoms with Crippen molar-refractivity contribution in [3.05, 3.63) is 35.7 Å². The first-order chi connectivity index (χ1) is 10.3. The van der Waals surface area contributed by atoms with Gasteiger partial charge in [-0.1, -0.05) is 6.92 Å². The summed E-state index contributed by atoms with van der Waals surface area (Å²) < 4.78 is 25.3. The highest BCUT2D eigenvalue weighted by atomic mass is 32.2. The van der Waals surface area contributed by atoms with Gasteiger partial charge in [0.05, 0.1) is 28.1 Å². The van der Waals surface area contributed by atoms with Crippen LogP contribution in [0.15, 0.2) is 29.3 Å². The number of nitrogens with zero attached hydrogens (tertiary/aromatic N) is 2. The van der Waals surface area contributed by atoms with Gasteiger partial charge in [0.15, 0.2) is 9.84 Å². The van der Waals surface area contributed by atoms with Gasteiger partial charge in [-0.3, -0.25) is 9.48 Å². The maximum absolute atomic E-state index is 12.2. The first-order valence-corrected chi connectivity index (χ1v) is 8.27. The molecule has 0 atom stereocenters. The molecule has 2 rings (SSSR count). The van der Waals surface area contributed by atoms with Crippen molar-refractivity contribution in [3.8, 4) is 5.75 Å². The molecule has 0 spiro atoms. The van der Waals surface area contributed by atoms with Crippen LogP contribution in [-0.2, 0) is 16.9 Å². The van der Waals surface area contributed by atoms with Crippen LogP contribution in [0.25, 0.3) is 0 Å². The van der Waals surface area contributed by atoms with E-state index < -0.39 is 15.7 Å². The molecule has 1 heterocycles. The number of benzene rings is 1. The van der Waals surface area contributed by atoms with Gasteiger partial charge in [-0.15, -0.1) is 0 Å². The second-order valence-electron chi connectivity index (χ2n) is 4.80. The zero-order valence-corrected chi connectivity index (χ0v) is 13.3. The molecule has 22 heavy (non-hydrogen) atoms. The number of aryl methyl sites for hydroxylation is 1. The number of aromatic hydroxyl groups is 1. The Morgan fingerprint density at radius 1 is 1.41 bits per heavy atom. The van der Waals surface area contributed by atoms with E-state index in [0.717, 1.165) is 0 Å². The molecule has 0 aliphatic carbocycles. The summed E-state index contributed by atoms with van der Waals surface area (Å²) in [5.41, 5.74) is 1.06. The van der Waals surface area contributed by atoms with Gasteiger partial charge in [0.2, 0.25) is 0 Å². The number of hydrogen-bond donors (Lipinski definition) is 2. The van der Waals surface area contributed by atoms with Gasteiger partial charge in [-0.2, -0.15) is 5.10 Å². The minimum atomic E-state index is -3.42. The Morgan fingerprint density at radius 3 is 2.64 bits per heavy atom. The van der Waals surface area contributed by atoms with E-state index in [1.165, 1.54) is 31.3 Å². The van der Waals surface area contributed by atoms with Crippen LogP contribution < -0.4 is 5.32 Å². The summed E-state index contributed by atoms with van der Waals surface area (Å²) in [5, 5.41) is 16.3. The van der Waals surface area contributed by atoms with Gasteiger partial charge >= 0.3 is 0 Å². The number of hydrogen-bond acceptors (Lipinski definition) is 5. The zero-order chi connectivity index (χ0) is 16.5. The maximum Gasteiger partial charge on any atom is 0.259 e. The summed E-state index contributed by atoms with van der Waals surface area (Å²) in [7, 11) is -1.71. The van der Waals surface area contributed by atoms with E-state index in [4.69, 9.17) is 0 Å². The van der Waals surface area contributed by atoms with Crippen LogP contribution in [0.5, 0.6) is 5.75 Å². The van der Waals surface area contributed by atoms with Gasteiger partial charge in [-0.05, 0) is 25.1 Å². The van der Waals surface area contributed by atoms with E-state index in [1.54, 1.807) is 18.7 Å². The Morgan fingerprint density at radius 2 is 2.09 bits per heavy atom. The average molecular weight is 323 g/mol. The van der Waals surface area contributed by atoms with E-state index in [2.05, 4.69) is 10.4 Å². The molecule has 1 aromatic heterocycles. The van der Waals surface area contributed by atoms with Gasteiger partial charge in [0.1, 0.15) is 5.75 Å². The number of phenolic OH excluding ortho intramolecular Hbond substituents is 1. The second-order valence-corrected chi connectivity index (χ2v) is 7.08. The quantitative estimate of drug-likeness (QED) is 0.830. The van der Waals surface area contributed by atoms with Crippen molar-refractivity contribution in [3.63, 3.8) is 0 Å². The van der Waals surface area contributed by atoms with Crippen molar-refractivity contribution in [2.24, 2.45) is 7.05 Å². The number of carbonyl (C=O) groups is 1. The van der Waals surface area contributed by atoms with Crippen molar-refractivity contribution in [2.45, 2.75) is 18.7 Å². The minimum Gasteiger partial charge on any atom is -0.506 e. The van der Waals surface area contributed by atoms with E-state index in [9.17, 15) is 18.3 Å². The highest BCUT2D eigenvalue weighted by Gasteiger charge is 2.17. The van der Waals surface area contributed by atoms with Crippen LogP contribution >= 0.6 is 0 Å². The van der Waals surface area contributed by atoms with Crippen LogP contribution in [0, 0.1) is 6.92 Å². The van der Waals surface area contributed by atoms with Crippen molar-refractivity contribution in [1.29, 1.82) is 0 Å². The number of aromatic nitrogens is 2. The third kappa shape index (κ3) is 2.96. The third-order valence-corrected chi connectivity index (χ3v) is 5.17. The maximum atomic E-state index is 12.2. The summed E-state index contributed by atoms with van der Waals surface area (Å²) in [6, 6.07) is 3.80. The molecule has 0 saturated heterocycles. The smallest absolute Gasteiger partial charge is 0.259 e. The summed E-state index contributed by atoms with van der Waals surface area (Å²) >= 11 is 0. The summed E-state index contributed by atoms with van der Waals surface area (Å²) in [6.07, 6.45) is 1.41. The number of carbonyl (C=O) groups excluding carboxylic acids is 1. The number of amides is 1. The fraction of sp³-hybridized carbons (Fsp3) is 0.286. The molecule has 1 amide bonds. The van der Waals surface area contributed by atoms with E-state index in [-0.39, 0.29) is 22.1 Å². The number of sulfone groups is 1. The largest absolute Gasteiger partial charge is 0.506 e. The molecule has 118 valence electrons. The molecule has 0 saturated carbocycles. The molecule has 2 N–H and O–H groups in total. The van der Waals surface area contributed by atoms with Gasteiger partial charge < -0.3 is 10.4 Å². The van der Waals surface area contributed by atoms with E-state index in [0.29, 0.717) is 11.3 Å². The van der Waals surface area contributed by atoms with Crippen LogP contribution in [0.3, 0.4) is 0 Å². The first kappa shape index (κ1) is 16.0. The molecule has 0 radical (unpaired) electrons. The van der Waals surface area contributed by atoms with Crippen molar-refractivity contribution in [1.82, 2.24) is 9.78 Å². The molecule has 2 aromatic rings. The predicted molar refractivity (Wildman–Crippen MR) is 81.7 cm³/mol. The summed E-state index contributed by atoms with van der Waals surface area (Å²) in [5.74, 6) is -0.732. The number of phenols is 1. The van der Waals surface area contributed by atoms with Crippen molar-refractivity contribution in [2.75, 3.05) is 11.1 Å².